The van der Waals surface area contributed by atoms with E-state index in [9.17, 15) is 0 Å². The average molecular weight is 572 g/mol. The third kappa shape index (κ3) is 9.20. The number of rotatable bonds is 10. The van der Waals surface area contributed by atoms with Crippen LogP contribution in [0.2, 0.25) is 18.1 Å². The van der Waals surface area contributed by atoms with E-state index in [-0.39, 0.29) is 35.6 Å². The fourth-order valence-corrected chi connectivity index (χ4v) is 6.60. The SMILES string of the molecule is CC1(C)O[C@@H](CBr)C[C@H](C[C@H]2C[C@@H](O[Si](C)(C)C(C)(C)C)C[C@@H](CCOCc3ccccc3)O2)O1. The first kappa shape index (κ1) is 29.3. The van der Waals surface area contributed by atoms with Gasteiger partial charge in [0.05, 0.1) is 31.0 Å². The molecule has 5 atom stereocenters. The quantitative estimate of drug-likeness (QED) is 0.169. The minimum Gasteiger partial charge on any atom is -0.414 e. The van der Waals surface area contributed by atoms with Crippen LogP contribution in [-0.2, 0) is 30.0 Å². The van der Waals surface area contributed by atoms with Crippen molar-refractivity contribution in [3.05, 3.63) is 35.9 Å². The molecular formula is C28H47BrO5Si. The van der Waals surface area contributed by atoms with Crippen molar-refractivity contribution in [1.29, 1.82) is 0 Å². The van der Waals surface area contributed by atoms with Crippen LogP contribution in [0.4, 0.5) is 0 Å². The maximum Gasteiger partial charge on any atom is 0.192 e. The first-order chi connectivity index (χ1) is 16.4. The lowest BCUT2D eigenvalue weighted by molar-refractivity contribution is -0.300. The van der Waals surface area contributed by atoms with Crippen LogP contribution in [0, 0.1) is 0 Å². The van der Waals surface area contributed by atoms with Crippen LogP contribution >= 0.6 is 15.9 Å². The van der Waals surface area contributed by atoms with Crippen molar-refractivity contribution in [1.82, 2.24) is 0 Å². The number of hydrogen-bond acceptors (Lipinski definition) is 5. The molecule has 0 saturated carbocycles. The summed E-state index contributed by atoms with van der Waals surface area (Å²) < 4.78 is 31.9. The molecule has 0 amide bonds. The second kappa shape index (κ2) is 12.5. The van der Waals surface area contributed by atoms with Crippen LogP contribution in [-0.4, -0.2) is 56.6 Å². The van der Waals surface area contributed by atoms with E-state index in [1.165, 1.54) is 5.56 Å². The van der Waals surface area contributed by atoms with Gasteiger partial charge >= 0.3 is 0 Å². The third-order valence-electron chi connectivity index (χ3n) is 7.52. The Bertz CT molecular complexity index is 766. The molecule has 2 aliphatic rings. The van der Waals surface area contributed by atoms with Gasteiger partial charge < -0.3 is 23.4 Å². The first-order valence-corrected chi connectivity index (χ1v) is 17.3. The highest BCUT2D eigenvalue weighted by molar-refractivity contribution is 9.09. The van der Waals surface area contributed by atoms with Crippen molar-refractivity contribution >= 4 is 24.2 Å². The fourth-order valence-electron chi connectivity index (χ4n) is 4.82. The number of halogens is 1. The van der Waals surface area contributed by atoms with E-state index in [1.807, 2.05) is 19.9 Å². The smallest absolute Gasteiger partial charge is 0.192 e. The summed E-state index contributed by atoms with van der Waals surface area (Å²) in [6.45, 7) is 17.0. The minimum absolute atomic E-state index is 0.118. The van der Waals surface area contributed by atoms with Crippen molar-refractivity contribution < 1.29 is 23.4 Å². The van der Waals surface area contributed by atoms with Gasteiger partial charge in [-0.25, -0.2) is 0 Å². The third-order valence-corrected chi connectivity index (χ3v) is 12.8. The van der Waals surface area contributed by atoms with Crippen LogP contribution in [0.15, 0.2) is 30.3 Å². The van der Waals surface area contributed by atoms with Gasteiger partial charge in [0, 0.05) is 30.9 Å². The largest absolute Gasteiger partial charge is 0.414 e. The maximum atomic E-state index is 6.90. The molecule has 3 rings (SSSR count). The molecule has 7 heteroatoms. The number of alkyl halides is 1. The number of hydrogen-bond donors (Lipinski definition) is 0. The Kier molecular flexibility index (Phi) is 10.5. The number of ether oxygens (including phenoxy) is 4. The zero-order valence-electron chi connectivity index (χ0n) is 22.8. The molecule has 0 aromatic heterocycles. The van der Waals surface area contributed by atoms with E-state index in [0.29, 0.717) is 13.2 Å². The lowest BCUT2D eigenvalue weighted by Gasteiger charge is -2.45. The zero-order chi connectivity index (χ0) is 25.7. The Hall–Kier alpha value is -0.283. The maximum absolute atomic E-state index is 6.90. The van der Waals surface area contributed by atoms with Gasteiger partial charge in [0.2, 0.25) is 0 Å². The van der Waals surface area contributed by atoms with Crippen LogP contribution in [0.25, 0.3) is 0 Å². The molecule has 200 valence electrons. The lowest BCUT2D eigenvalue weighted by atomic mass is 9.94. The van der Waals surface area contributed by atoms with E-state index < -0.39 is 14.1 Å². The summed E-state index contributed by atoms with van der Waals surface area (Å²) in [7, 11) is -1.87. The van der Waals surface area contributed by atoms with Crippen LogP contribution < -0.4 is 0 Å². The van der Waals surface area contributed by atoms with Gasteiger partial charge in [-0.3, -0.25) is 0 Å². The predicted molar refractivity (Wildman–Crippen MR) is 148 cm³/mol. The molecule has 1 aromatic rings. The normalized spacial score (nSPS) is 29.8. The van der Waals surface area contributed by atoms with Crippen LogP contribution in [0.3, 0.4) is 0 Å². The van der Waals surface area contributed by atoms with Crippen LogP contribution in [0.5, 0.6) is 0 Å². The molecule has 2 fully saturated rings. The fraction of sp³-hybridized carbons (Fsp3) is 0.786. The summed E-state index contributed by atoms with van der Waals surface area (Å²) in [5.41, 5.74) is 1.20. The van der Waals surface area contributed by atoms with E-state index in [0.717, 1.165) is 37.4 Å². The molecular weight excluding hydrogens is 524 g/mol. The summed E-state index contributed by atoms with van der Waals surface area (Å²) >= 11 is 3.60. The van der Waals surface area contributed by atoms with E-state index in [4.69, 9.17) is 23.4 Å². The summed E-state index contributed by atoms with van der Waals surface area (Å²) in [6.07, 6.45) is 5.24. The molecule has 5 nitrogen and oxygen atoms in total. The molecule has 2 saturated heterocycles. The molecule has 35 heavy (non-hydrogen) atoms. The molecule has 0 bridgehead atoms. The van der Waals surface area contributed by atoms with Gasteiger partial charge in [0.1, 0.15) is 0 Å². The lowest BCUT2D eigenvalue weighted by Crippen LogP contribution is -2.50. The van der Waals surface area contributed by atoms with Crippen molar-refractivity contribution in [2.45, 2.75) is 128 Å². The second-order valence-corrected chi connectivity index (χ2v) is 17.6. The van der Waals surface area contributed by atoms with Gasteiger partial charge in [-0.15, -0.1) is 0 Å². The van der Waals surface area contributed by atoms with Gasteiger partial charge in [-0.1, -0.05) is 67.0 Å². The van der Waals surface area contributed by atoms with Crippen molar-refractivity contribution in [2.75, 3.05) is 11.9 Å². The summed E-state index contributed by atoms with van der Waals surface area (Å²) in [5, 5.41) is 1.01. The number of benzene rings is 1. The molecule has 0 radical (unpaired) electrons. The molecule has 1 aromatic carbocycles. The molecule has 0 spiro atoms. The van der Waals surface area contributed by atoms with Gasteiger partial charge in [-0.2, -0.15) is 0 Å². The van der Waals surface area contributed by atoms with Gasteiger partial charge in [0.15, 0.2) is 14.1 Å². The topological polar surface area (TPSA) is 46.2 Å². The Morgan fingerprint density at radius 1 is 0.971 bits per heavy atom. The highest BCUT2D eigenvalue weighted by Gasteiger charge is 2.43. The predicted octanol–water partition coefficient (Wildman–Crippen LogP) is 7.23. The van der Waals surface area contributed by atoms with Crippen molar-refractivity contribution in [3.8, 4) is 0 Å². The van der Waals surface area contributed by atoms with Gasteiger partial charge in [0.25, 0.3) is 0 Å². The second-order valence-electron chi connectivity index (χ2n) is 12.2. The summed E-state index contributed by atoms with van der Waals surface area (Å²) in [5.74, 6) is -0.572. The molecule has 2 heterocycles. The van der Waals surface area contributed by atoms with E-state index in [1.54, 1.807) is 0 Å². The summed E-state index contributed by atoms with van der Waals surface area (Å²) in [4.78, 5) is 0. The Morgan fingerprint density at radius 2 is 1.63 bits per heavy atom. The molecule has 2 aliphatic heterocycles. The molecule has 0 N–H and O–H groups in total. The Balaban J connectivity index is 1.61. The summed E-state index contributed by atoms with van der Waals surface area (Å²) in [6, 6.07) is 10.3. The Labute approximate surface area is 222 Å². The van der Waals surface area contributed by atoms with Crippen LogP contribution in [0.1, 0.15) is 72.3 Å². The average Bonchev–Trinajstić information content (AvgIpc) is 2.75. The molecule has 0 aliphatic carbocycles. The van der Waals surface area contributed by atoms with E-state index >= 15 is 0 Å². The first-order valence-electron chi connectivity index (χ1n) is 13.2. The van der Waals surface area contributed by atoms with Gasteiger partial charge in [-0.05, 0) is 56.8 Å². The van der Waals surface area contributed by atoms with Crippen molar-refractivity contribution in [3.63, 3.8) is 0 Å². The van der Waals surface area contributed by atoms with E-state index in [2.05, 4.69) is 74.1 Å². The van der Waals surface area contributed by atoms with Crippen molar-refractivity contribution in [2.24, 2.45) is 0 Å². The zero-order valence-corrected chi connectivity index (χ0v) is 25.4. The molecule has 0 unspecified atom stereocenters. The standard InChI is InChI=1S/C28H47BrO5Si/c1-27(2,3)35(6,7)34-25-15-22(13-14-30-20-21-11-9-8-10-12-21)31-23(17-25)16-24-18-26(19-29)33-28(4,5)32-24/h8-12,22-26H,13-20H2,1-7H3/t22-,23+,24+,25+,26-/m1/s1. The monoisotopic (exact) mass is 570 g/mol. The minimum atomic E-state index is -1.87. The highest BCUT2D eigenvalue weighted by Crippen LogP contribution is 2.40. The Morgan fingerprint density at radius 3 is 2.29 bits per heavy atom. The highest BCUT2D eigenvalue weighted by atomic mass is 79.9.